The molecular formula is C15H22FN3O. The molecule has 0 radical (unpaired) electrons. The summed E-state index contributed by atoms with van der Waals surface area (Å²) in [5.74, 6) is -0.695. The number of rotatable bonds is 6. The third kappa shape index (κ3) is 3.48. The molecule has 5 heteroatoms. The van der Waals surface area contributed by atoms with Crippen molar-refractivity contribution in [2.75, 3.05) is 24.5 Å². The van der Waals surface area contributed by atoms with Gasteiger partial charge in [0.25, 0.3) is 0 Å². The Labute approximate surface area is 119 Å². The van der Waals surface area contributed by atoms with Crippen molar-refractivity contribution in [2.24, 2.45) is 11.7 Å². The first-order valence-electron chi connectivity index (χ1n) is 7.15. The predicted molar refractivity (Wildman–Crippen MR) is 77.9 cm³/mol. The molecule has 1 aromatic rings. The van der Waals surface area contributed by atoms with E-state index in [-0.39, 0.29) is 17.6 Å². The minimum absolute atomic E-state index is 0.166. The zero-order valence-electron chi connectivity index (χ0n) is 11.9. The number of amides is 1. The number of carbonyl (C=O) groups excluding carboxylic acids is 1. The van der Waals surface area contributed by atoms with Gasteiger partial charge in [-0.05, 0) is 37.1 Å². The molecule has 1 atom stereocenters. The monoisotopic (exact) mass is 279 g/mol. The molecule has 0 aromatic heterocycles. The normalized spacial score (nSPS) is 18.5. The summed E-state index contributed by atoms with van der Waals surface area (Å²) in [5.41, 5.74) is 6.80. The highest BCUT2D eigenvalue weighted by Gasteiger charge is 2.28. The van der Waals surface area contributed by atoms with Gasteiger partial charge in [-0.2, -0.15) is 0 Å². The average Bonchev–Trinajstić information content (AvgIpc) is 2.89. The Balaban J connectivity index is 2.01. The Morgan fingerprint density at radius 2 is 2.35 bits per heavy atom. The lowest BCUT2D eigenvalue weighted by molar-refractivity contribution is -0.121. The van der Waals surface area contributed by atoms with Gasteiger partial charge in [0.1, 0.15) is 5.82 Å². The molecule has 1 saturated heterocycles. The van der Waals surface area contributed by atoms with Crippen LogP contribution in [0.5, 0.6) is 0 Å². The highest BCUT2D eigenvalue weighted by molar-refractivity contribution is 5.78. The van der Waals surface area contributed by atoms with Crippen LogP contribution in [0.2, 0.25) is 0 Å². The summed E-state index contributed by atoms with van der Waals surface area (Å²) in [7, 11) is 0. The molecule has 20 heavy (non-hydrogen) atoms. The number of benzene rings is 1. The van der Waals surface area contributed by atoms with Crippen LogP contribution >= 0.6 is 0 Å². The molecule has 0 saturated carbocycles. The first-order valence-corrected chi connectivity index (χ1v) is 7.15. The van der Waals surface area contributed by atoms with Crippen LogP contribution in [0.15, 0.2) is 18.2 Å². The number of halogens is 1. The molecule has 4 nitrogen and oxygen atoms in total. The molecule has 1 amide bonds. The van der Waals surface area contributed by atoms with Crippen molar-refractivity contribution in [1.29, 1.82) is 0 Å². The van der Waals surface area contributed by atoms with Crippen molar-refractivity contribution in [3.63, 3.8) is 0 Å². The summed E-state index contributed by atoms with van der Waals surface area (Å²) in [6.45, 7) is 4.89. The van der Waals surface area contributed by atoms with Crippen LogP contribution in [0.4, 0.5) is 10.1 Å². The van der Waals surface area contributed by atoms with Crippen molar-refractivity contribution in [1.82, 2.24) is 5.32 Å². The van der Waals surface area contributed by atoms with Crippen molar-refractivity contribution >= 4 is 11.6 Å². The average molecular weight is 279 g/mol. The van der Waals surface area contributed by atoms with E-state index in [2.05, 4.69) is 12.2 Å². The van der Waals surface area contributed by atoms with Gasteiger partial charge in [0.2, 0.25) is 5.91 Å². The molecule has 1 aliphatic rings. The molecule has 110 valence electrons. The summed E-state index contributed by atoms with van der Waals surface area (Å²) in [5, 5.41) is 3.25. The lowest BCUT2D eigenvalue weighted by atomic mass is 10.1. The van der Waals surface area contributed by atoms with Gasteiger partial charge in [0.05, 0.1) is 11.6 Å². The van der Waals surface area contributed by atoms with Crippen molar-refractivity contribution in [3.8, 4) is 0 Å². The van der Waals surface area contributed by atoms with E-state index in [0.717, 1.165) is 18.5 Å². The molecular weight excluding hydrogens is 257 g/mol. The van der Waals surface area contributed by atoms with E-state index >= 15 is 0 Å². The lowest BCUT2D eigenvalue weighted by Crippen LogP contribution is -2.27. The van der Waals surface area contributed by atoms with Gasteiger partial charge in [-0.3, -0.25) is 4.79 Å². The molecule has 1 fully saturated rings. The molecule has 0 bridgehead atoms. The highest BCUT2D eigenvalue weighted by Crippen LogP contribution is 2.26. The number of nitrogens with zero attached hydrogens (tertiary/aromatic N) is 1. The zero-order valence-corrected chi connectivity index (χ0v) is 11.9. The van der Waals surface area contributed by atoms with Crippen LogP contribution in [0.1, 0.15) is 25.3 Å². The fourth-order valence-electron chi connectivity index (χ4n) is 2.54. The number of primary amides is 1. The van der Waals surface area contributed by atoms with Gasteiger partial charge in [-0.1, -0.05) is 13.0 Å². The van der Waals surface area contributed by atoms with Gasteiger partial charge in [-0.15, -0.1) is 0 Å². The second kappa shape index (κ2) is 6.70. The molecule has 1 heterocycles. The zero-order chi connectivity index (χ0) is 14.5. The standard InChI is InChI=1S/C15H22FN3O/c1-2-6-18-9-11-3-4-14(13(16)8-11)19-7-5-12(10-19)15(17)20/h3-4,8,12,18H,2,5-7,9-10H2,1H3,(H2,17,20). The van der Waals surface area contributed by atoms with Gasteiger partial charge in [0, 0.05) is 19.6 Å². The quantitative estimate of drug-likeness (QED) is 0.778. The number of hydrogen-bond donors (Lipinski definition) is 2. The maximum absolute atomic E-state index is 14.2. The van der Waals surface area contributed by atoms with E-state index in [1.807, 2.05) is 11.0 Å². The number of hydrogen-bond acceptors (Lipinski definition) is 3. The summed E-state index contributed by atoms with van der Waals surface area (Å²) < 4.78 is 14.2. The summed E-state index contributed by atoms with van der Waals surface area (Å²) in [6.07, 6.45) is 1.76. The van der Waals surface area contributed by atoms with E-state index in [1.54, 1.807) is 12.1 Å². The number of carbonyl (C=O) groups is 1. The SMILES string of the molecule is CCCNCc1ccc(N2CCC(C(N)=O)C2)c(F)c1. The van der Waals surface area contributed by atoms with E-state index in [0.29, 0.717) is 31.7 Å². The maximum atomic E-state index is 14.2. The number of nitrogens with two attached hydrogens (primary N) is 1. The summed E-state index contributed by atoms with van der Waals surface area (Å²) in [4.78, 5) is 13.1. The van der Waals surface area contributed by atoms with Crippen LogP contribution in [-0.4, -0.2) is 25.5 Å². The van der Waals surface area contributed by atoms with Crippen LogP contribution in [-0.2, 0) is 11.3 Å². The Bertz CT molecular complexity index is 478. The molecule has 3 N–H and O–H groups in total. The fourth-order valence-corrected chi connectivity index (χ4v) is 2.54. The summed E-state index contributed by atoms with van der Waals surface area (Å²) in [6, 6.07) is 5.29. The van der Waals surface area contributed by atoms with Crippen molar-refractivity contribution < 1.29 is 9.18 Å². The Morgan fingerprint density at radius 1 is 1.55 bits per heavy atom. The van der Waals surface area contributed by atoms with E-state index in [4.69, 9.17) is 5.73 Å². The van der Waals surface area contributed by atoms with Gasteiger partial charge >= 0.3 is 0 Å². The number of anilines is 1. The largest absolute Gasteiger partial charge is 0.369 e. The molecule has 1 unspecified atom stereocenters. The summed E-state index contributed by atoms with van der Waals surface area (Å²) >= 11 is 0. The van der Waals surface area contributed by atoms with Gasteiger partial charge in [0.15, 0.2) is 0 Å². The third-order valence-electron chi connectivity index (χ3n) is 3.70. The minimum atomic E-state index is -0.298. The molecule has 0 spiro atoms. The fraction of sp³-hybridized carbons (Fsp3) is 0.533. The van der Waals surface area contributed by atoms with Crippen LogP contribution in [0.3, 0.4) is 0 Å². The highest BCUT2D eigenvalue weighted by atomic mass is 19.1. The first-order chi connectivity index (χ1) is 9.61. The Hall–Kier alpha value is -1.62. The Kier molecular flexibility index (Phi) is 4.95. The minimum Gasteiger partial charge on any atom is -0.369 e. The lowest BCUT2D eigenvalue weighted by Gasteiger charge is -2.19. The predicted octanol–water partition coefficient (Wildman–Crippen LogP) is 1.64. The third-order valence-corrected chi connectivity index (χ3v) is 3.70. The second-order valence-electron chi connectivity index (χ2n) is 5.30. The van der Waals surface area contributed by atoms with E-state index in [1.165, 1.54) is 0 Å². The van der Waals surface area contributed by atoms with E-state index in [9.17, 15) is 9.18 Å². The number of nitrogens with one attached hydrogen (secondary N) is 1. The van der Waals surface area contributed by atoms with Gasteiger partial charge in [-0.25, -0.2) is 4.39 Å². The van der Waals surface area contributed by atoms with E-state index < -0.39 is 0 Å². The maximum Gasteiger partial charge on any atom is 0.222 e. The molecule has 2 rings (SSSR count). The van der Waals surface area contributed by atoms with Crippen molar-refractivity contribution in [2.45, 2.75) is 26.3 Å². The Morgan fingerprint density at radius 3 is 2.95 bits per heavy atom. The molecule has 0 aliphatic carbocycles. The molecule has 1 aliphatic heterocycles. The smallest absolute Gasteiger partial charge is 0.222 e. The van der Waals surface area contributed by atoms with Gasteiger partial charge < -0.3 is 16.0 Å². The van der Waals surface area contributed by atoms with Crippen LogP contribution in [0.25, 0.3) is 0 Å². The first kappa shape index (κ1) is 14.8. The van der Waals surface area contributed by atoms with Crippen LogP contribution in [0, 0.1) is 11.7 Å². The topological polar surface area (TPSA) is 58.4 Å². The second-order valence-corrected chi connectivity index (χ2v) is 5.30. The molecule has 1 aromatic carbocycles. The van der Waals surface area contributed by atoms with Crippen LogP contribution < -0.4 is 16.0 Å². The van der Waals surface area contributed by atoms with Crippen molar-refractivity contribution in [3.05, 3.63) is 29.6 Å².